The maximum Gasteiger partial charge on any atom is 0.310 e. The number of pyridine rings is 1. The Morgan fingerprint density at radius 3 is 2.69 bits per heavy atom. The normalized spacial score (nSPS) is 11.5. The number of carboxylic acid groups (broad SMARTS) is 1. The summed E-state index contributed by atoms with van der Waals surface area (Å²) < 4.78 is 0. The van der Waals surface area contributed by atoms with Crippen LogP contribution in [0.25, 0.3) is 0 Å². The third kappa shape index (κ3) is 2.70. The molecule has 1 unspecified atom stereocenters. The van der Waals surface area contributed by atoms with E-state index in [1.54, 1.807) is 25.4 Å². The molecule has 0 amide bonds. The van der Waals surface area contributed by atoms with Gasteiger partial charge in [-0.15, -0.1) is 12.4 Å². The summed E-state index contributed by atoms with van der Waals surface area (Å²) in [6.07, 6.45) is 3.29. The second-order valence-electron chi connectivity index (χ2n) is 2.79. The zero-order valence-corrected chi connectivity index (χ0v) is 8.34. The predicted molar refractivity (Wildman–Crippen MR) is 52.3 cm³/mol. The highest BCUT2D eigenvalue weighted by Gasteiger charge is 2.14. The van der Waals surface area contributed by atoms with Crippen LogP contribution in [0, 0.1) is 6.92 Å². The van der Waals surface area contributed by atoms with Crippen LogP contribution in [0.5, 0.6) is 0 Å². The minimum atomic E-state index is -0.802. The van der Waals surface area contributed by atoms with Gasteiger partial charge in [0, 0.05) is 12.4 Å². The molecular formula is C9H12ClNO2. The van der Waals surface area contributed by atoms with Crippen molar-refractivity contribution in [2.45, 2.75) is 19.8 Å². The average molecular weight is 202 g/mol. The molecule has 0 aliphatic rings. The number of carboxylic acids is 1. The number of carbonyl (C=O) groups is 1. The quantitative estimate of drug-likeness (QED) is 0.796. The Labute approximate surface area is 83.2 Å². The first-order valence-electron chi connectivity index (χ1n) is 3.76. The molecule has 0 aromatic carbocycles. The van der Waals surface area contributed by atoms with E-state index in [1.165, 1.54) is 0 Å². The lowest BCUT2D eigenvalue weighted by Gasteiger charge is -2.08. The number of hydrogen-bond acceptors (Lipinski definition) is 2. The van der Waals surface area contributed by atoms with Crippen molar-refractivity contribution in [1.29, 1.82) is 0 Å². The summed E-state index contributed by atoms with van der Waals surface area (Å²) in [5.74, 6) is -1.25. The molecule has 0 fully saturated rings. The standard InChI is InChI=1S/C9H11NO2.ClH/c1-6-5-10-4-3-8(6)7(2)9(11)12;/h3-5,7H,1-2H3,(H,11,12);1H. The number of aryl methyl sites for hydroxylation is 1. The third-order valence-electron chi connectivity index (χ3n) is 1.90. The van der Waals surface area contributed by atoms with Crippen molar-refractivity contribution in [3.63, 3.8) is 0 Å². The molecule has 1 heterocycles. The van der Waals surface area contributed by atoms with E-state index in [2.05, 4.69) is 4.98 Å². The number of aliphatic carboxylic acids is 1. The molecule has 1 aromatic rings. The first-order valence-corrected chi connectivity index (χ1v) is 3.76. The van der Waals surface area contributed by atoms with Crippen LogP contribution in [-0.2, 0) is 4.79 Å². The van der Waals surface area contributed by atoms with Crippen molar-refractivity contribution in [2.75, 3.05) is 0 Å². The van der Waals surface area contributed by atoms with Crippen molar-refractivity contribution >= 4 is 18.4 Å². The average Bonchev–Trinajstić information content (AvgIpc) is 2.04. The van der Waals surface area contributed by atoms with Crippen LogP contribution in [0.3, 0.4) is 0 Å². The largest absolute Gasteiger partial charge is 0.481 e. The lowest BCUT2D eigenvalue weighted by molar-refractivity contribution is -0.138. The van der Waals surface area contributed by atoms with Gasteiger partial charge in [-0.3, -0.25) is 9.78 Å². The number of nitrogens with zero attached hydrogens (tertiary/aromatic N) is 1. The van der Waals surface area contributed by atoms with E-state index >= 15 is 0 Å². The van der Waals surface area contributed by atoms with E-state index < -0.39 is 11.9 Å². The van der Waals surface area contributed by atoms with E-state index in [0.29, 0.717) is 0 Å². The van der Waals surface area contributed by atoms with Gasteiger partial charge in [0.1, 0.15) is 0 Å². The highest BCUT2D eigenvalue weighted by atomic mass is 35.5. The van der Waals surface area contributed by atoms with Crippen molar-refractivity contribution in [3.05, 3.63) is 29.6 Å². The monoisotopic (exact) mass is 201 g/mol. The topological polar surface area (TPSA) is 50.2 Å². The lowest BCUT2D eigenvalue weighted by atomic mass is 9.99. The Balaban J connectivity index is 0.00000144. The number of aromatic nitrogens is 1. The van der Waals surface area contributed by atoms with Gasteiger partial charge in [-0.2, -0.15) is 0 Å². The Morgan fingerprint density at radius 1 is 1.62 bits per heavy atom. The Bertz CT molecular complexity index is 301. The van der Waals surface area contributed by atoms with Crippen LogP contribution in [-0.4, -0.2) is 16.1 Å². The molecule has 1 atom stereocenters. The second-order valence-corrected chi connectivity index (χ2v) is 2.79. The second kappa shape index (κ2) is 4.82. The summed E-state index contributed by atoms with van der Waals surface area (Å²) in [5.41, 5.74) is 1.75. The summed E-state index contributed by atoms with van der Waals surface area (Å²) in [5, 5.41) is 8.74. The van der Waals surface area contributed by atoms with Crippen LogP contribution < -0.4 is 0 Å². The molecule has 0 aliphatic heterocycles. The zero-order chi connectivity index (χ0) is 9.14. The van der Waals surface area contributed by atoms with Crippen LogP contribution in [0.4, 0.5) is 0 Å². The molecule has 13 heavy (non-hydrogen) atoms. The maximum absolute atomic E-state index is 10.6. The van der Waals surface area contributed by atoms with Crippen molar-refractivity contribution in [3.8, 4) is 0 Å². The first kappa shape index (κ1) is 11.9. The van der Waals surface area contributed by atoms with Crippen molar-refractivity contribution in [2.24, 2.45) is 0 Å². The molecule has 0 aliphatic carbocycles. The van der Waals surface area contributed by atoms with Gasteiger partial charge >= 0.3 is 5.97 Å². The molecule has 0 saturated heterocycles. The van der Waals surface area contributed by atoms with E-state index in [1.807, 2.05) is 6.92 Å². The summed E-state index contributed by atoms with van der Waals surface area (Å²) in [6.45, 7) is 3.53. The summed E-state index contributed by atoms with van der Waals surface area (Å²) in [7, 11) is 0. The SMILES string of the molecule is Cc1cnccc1C(C)C(=O)O.Cl. The van der Waals surface area contributed by atoms with E-state index in [0.717, 1.165) is 11.1 Å². The van der Waals surface area contributed by atoms with Crippen molar-refractivity contribution in [1.82, 2.24) is 4.98 Å². The van der Waals surface area contributed by atoms with Crippen LogP contribution in [0.2, 0.25) is 0 Å². The Morgan fingerprint density at radius 2 is 2.23 bits per heavy atom. The Kier molecular flexibility index (Phi) is 4.42. The number of halogens is 1. The molecule has 0 spiro atoms. The Hall–Kier alpha value is -1.09. The van der Waals surface area contributed by atoms with E-state index in [9.17, 15) is 4.79 Å². The molecule has 3 nitrogen and oxygen atoms in total. The van der Waals surface area contributed by atoms with E-state index in [-0.39, 0.29) is 12.4 Å². The molecule has 72 valence electrons. The fraction of sp³-hybridized carbons (Fsp3) is 0.333. The molecule has 0 bridgehead atoms. The summed E-state index contributed by atoms with van der Waals surface area (Å²) in [6, 6.07) is 1.74. The van der Waals surface area contributed by atoms with Gasteiger partial charge in [0.25, 0.3) is 0 Å². The highest BCUT2D eigenvalue weighted by Crippen LogP contribution is 2.17. The molecular weight excluding hydrogens is 190 g/mol. The van der Waals surface area contributed by atoms with Crippen molar-refractivity contribution < 1.29 is 9.90 Å². The molecule has 0 saturated carbocycles. The third-order valence-corrected chi connectivity index (χ3v) is 1.90. The van der Waals surface area contributed by atoms with Crippen LogP contribution >= 0.6 is 12.4 Å². The van der Waals surface area contributed by atoms with Gasteiger partial charge in [0.05, 0.1) is 5.92 Å². The van der Waals surface area contributed by atoms with E-state index in [4.69, 9.17) is 5.11 Å². The zero-order valence-electron chi connectivity index (χ0n) is 7.52. The summed E-state index contributed by atoms with van der Waals surface area (Å²) >= 11 is 0. The molecule has 0 radical (unpaired) electrons. The van der Waals surface area contributed by atoms with Gasteiger partial charge in [0.2, 0.25) is 0 Å². The first-order chi connectivity index (χ1) is 5.63. The lowest BCUT2D eigenvalue weighted by Crippen LogP contribution is -2.08. The van der Waals surface area contributed by atoms with Gasteiger partial charge in [-0.05, 0) is 31.0 Å². The van der Waals surface area contributed by atoms with Crippen LogP contribution in [0.1, 0.15) is 24.0 Å². The fourth-order valence-corrected chi connectivity index (χ4v) is 1.10. The fourth-order valence-electron chi connectivity index (χ4n) is 1.10. The maximum atomic E-state index is 10.6. The number of hydrogen-bond donors (Lipinski definition) is 1. The smallest absolute Gasteiger partial charge is 0.310 e. The molecule has 1 N–H and O–H groups in total. The van der Waals surface area contributed by atoms with Gasteiger partial charge in [-0.1, -0.05) is 0 Å². The minimum Gasteiger partial charge on any atom is -0.481 e. The van der Waals surface area contributed by atoms with Gasteiger partial charge in [-0.25, -0.2) is 0 Å². The van der Waals surface area contributed by atoms with Crippen LogP contribution in [0.15, 0.2) is 18.5 Å². The van der Waals surface area contributed by atoms with Gasteiger partial charge < -0.3 is 5.11 Å². The molecule has 4 heteroatoms. The van der Waals surface area contributed by atoms with Gasteiger partial charge in [0.15, 0.2) is 0 Å². The predicted octanol–water partition coefficient (Wildman–Crippen LogP) is 2.00. The minimum absolute atomic E-state index is 0. The number of rotatable bonds is 2. The summed E-state index contributed by atoms with van der Waals surface area (Å²) in [4.78, 5) is 14.5. The molecule has 1 aromatic heterocycles. The highest BCUT2D eigenvalue weighted by molar-refractivity contribution is 5.85. The molecule has 1 rings (SSSR count).